The molecule has 0 saturated carbocycles. The van der Waals surface area contributed by atoms with Crippen molar-refractivity contribution in [3.63, 3.8) is 0 Å². The SMILES string of the molecule is COCC(O)CCCCC(F)(F)F. The van der Waals surface area contributed by atoms with Gasteiger partial charge in [-0.15, -0.1) is 0 Å². The Morgan fingerprint density at radius 3 is 2.38 bits per heavy atom. The number of halogens is 3. The van der Waals surface area contributed by atoms with Crippen molar-refractivity contribution in [1.29, 1.82) is 0 Å². The van der Waals surface area contributed by atoms with E-state index in [0.29, 0.717) is 12.8 Å². The van der Waals surface area contributed by atoms with E-state index in [1.54, 1.807) is 0 Å². The maximum Gasteiger partial charge on any atom is 0.389 e. The molecule has 0 bridgehead atoms. The molecule has 0 heterocycles. The summed E-state index contributed by atoms with van der Waals surface area (Å²) >= 11 is 0. The van der Waals surface area contributed by atoms with Gasteiger partial charge in [-0.25, -0.2) is 0 Å². The predicted molar refractivity (Wildman–Crippen MR) is 42.4 cm³/mol. The van der Waals surface area contributed by atoms with Crippen molar-refractivity contribution in [1.82, 2.24) is 0 Å². The van der Waals surface area contributed by atoms with Gasteiger partial charge in [0.05, 0.1) is 12.7 Å². The lowest BCUT2D eigenvalue weighted by atomic mass is 10.1. The number of methoxy groups -OCH3 is 1. The number of alkyl halides is 3. The van der Waals surface area contributed by atoms with Crippen LogP contribution < -0.4 is 0 Å². The van der Waals surface area contributed by atoms with Gasteiger partial charge >= 0.3 is 6.18 Å². The van der Waals surface area contributed by atoms with E-state index in [1.165, 1.54) is 7.11 Å². The highest BCUT2D eigenvalue weighted by Gasteiger charge is 2.25. The third-order valence-corrected chi connectivity index (χ3v) is 1.61. The van der Waals surface area contributed by atoms with Crippen molar-refractivity contribution in [3.8, 4) is 0 Å². The molecule has 1 unspecified atom stereocenters. The van der Waals surface area contributed by atoms with E-state index in [-0.39, 0.29) is 13.0 Å². The first-order valence-electron chi connectivity index (χ1n) is 4.19. The Morgan fingerprint density at radius 1 is 1.31 bits per heavy atom. The van der Waals surface area contributed by atoms with Gasteiger partial charge in [0.15, 0.2) is 0 Å². The Balaban J connectivity index is 3.25. The summed E-state index contributed by atoms with van der Waals surface area (Å²) in [6, 6.07) is 0. The van der Waals surface area contributed by atoms with E-state index in [0.717, 1.165) is 0 Å². The third-order valence-electron chi connectivity index (χ3n) is 1.61. The van der Waals surface area contributed by atoms with Crippen molar-refractivity contribution in [3.05, 3.63) is 0 Å². The summed E-state index contributed by atoms with van der Waals surface area (Å²) in [6.07, 6.45) is -4.67. The smallest absolute Gasteiger partial charge is 0.389 e. The molecule has 80 valence electrons. The quantitative estimate of drug-likeness (QED) is 0.665. The van der Waals surface area contributed by atoms with Gasteiger partial charge in [0, 0.05) is 13.5 Å². The van der Waals surface area contributed by atoms with Crippen LogP contribution in [0.15, 0.2) is 0 Å². The fourth-order valence-electron chi connectivity index (χ4n) is 0.981. The molecule has 0 aromatic heterocycles. The van der Waals surface area contributed by atoms with Crippen LogP contribution in [0.25, 0.3) is 0 Å². The van der Waals surface area contributed by atoms with Crippen molar-refractivity contribution >= 4 is 0 Å². The van der Waals surface area contributed by atoms with Crippen molar-refractivity contribution in [2.75, 3.05) is 13.7 Å². The van der Waals surface area contributed by atoms with Crippen molar-refractivity contribution in [2.24, 2.45) is 0 Å². The zero-order chi connectivity index (χ0) is 10.3. The second-order valence-electron chi connectivity index (χ2n) is 2.97. The molecule has 0 aliphatic rings. The summed E-state index contributed by atoms with van der Waals surface area (Å²) in [5.41, 5.74) is 0. The van der Waals surface area contributed by atoms with Crippen LogP contribution in [-0.4, -0.2) is 31.1 Å². The Kier molecular flexibility index (Phi) is 6.07. The van der Waals surface area contributed by atoms with Gasteiger partial charge in [-0.05, 0) is 12.8 Å². The van der Waals surface area contributed by atoms with E-state index >= 15 is 0 Å². The molecule has 0 aliphatic heterocycles. The summed E-state index contributed by atoms with van der Waals surface area (Å²) in [6.45, 7) is 0.187. The fourth-order valence-corrected chi connectivity index (χ4v) is 0.981. The maximum absolute atomic E-state index is 11.6. The lowest BCUT2D eigenvalue weighted by Gasteiger charge is -2.09. The zero-order valence-corrected chi connectivity index (χ0v) is 7.60. The third kappa shape index (κ3) is 9.63. The Hall–Kier alpha value is -0.290. The molecule has 1 atom stereocenters. The number of unbranched alkanes of at least 4 members (excludes halogenated alkanes) is 1. The van der Waals surface area contributed by atoms with Gasteiger partial charge in [0.25, 0.3) is 0 Å². The first kappa shape index (κ1) is 12.7. The monoisotopic (exact) mass is 200 g/mol. The Labute approximate surface area is 75.7 Å². The summed E-state index contributed by atoms with van der Waals surface area (Å²) in [4.78, 5) is 0. The first-order chi connectivity index (χ1) is 5.95. The summed E-state index contributed by atoms with van der Waals surface area (Å²) in [7, 11) is 1.44. The molecule has 0 aliphatic carbocycles. The molecule has 0 rings (SSSR count). The largest absolute Gasteiger partial charge is 0.391 e. The normalized spacial score (nSPS) is 14.5. The lowest BCUT2D eigenvalue weighted by Crippen LogP contribution is -2.14. The number of hydrogen-bond donors (Lipinski definition) is 1. The van der Waals surface area contributed by atoms with Gasteiger partial charge in [-0.2, -0.15) is 13.2 Å². The zero-order valence-electron chi connectivity index (χ0n) is 7.60. The van der Waals surface area contributed by atoms with Crippen LogP contribution in [0.5, 0.6) is 0 Å². The minimum Gasteiger partial charge on any atom is -0.391 e. The fraction of sp³-hybridized carbons (Fsp3) is 1.00. The van der Waals surface area contributed by atoms with E-state index in [4.69, 9.17) is 5.11 Å². The second kappa shape index (κ2) is 6.21. The number of ether oxygens (including phenoxy) is 1. The molecular formula is C8H15F3O2. The minimum atomic E-state index is -4.08. The molecule has 5 heteroatoms. The van der Waals surface area contributed by atoms with Crippen LogP contribution in [0.3, 0.4) is 0 Å². The molecule has 0 saturated heterocycles. The van der Waals surface area contributed by atoms with E-state index in [2.05, 4.69) is 4.74 Å². The second-order valence-corrected chi connectivity index (χ2v) is 2.97. The molecular weight excluding hydrogens is 185 g/mol. The van der Waals surface area contributed by atoms with E-state index in [1.807, 2.05) is 0 Å². The number of aliphatic hydroxyl groups excluding tert-OH is 1. The highest BCUT2D eigenvalue weighted by atomic mass is 19.4. The lowest BCUT2D eigenvalue weighted by molar-refractivity contribution is -0.135. The standard InChI is InChI=1S/C8H15F3O2/c1-13-6-7(12)4-2-3-5-8(9,10)11/h7,12H,2-6H2,1H3. The molecule has 0 amide bonds. The predicted octanol–water partition coefficient (Wildman–Crippen LogP) is 2.12. The van der Waals surface area contributed by atoms with Crippen LogP contribution in [0.4, 0.5) is 13.2 Å². The average molecular weight is 200 g/mol. The van der Waals surface area contributed by atoms with Gasteiger partial charge < -0.3 is 9.84 Å². The highest BCUT2D eigenvalue weighted by Crippen LogP contribution is 2.22. The molecule has 0 aromatic rings. The molecule has 0 fully saturated rings. The number of hydrogen-bond acceptors (Lipinski definition) is 2. The number of aliphatic hydroxyl groups is 1. The van der Waals surface area contributed by atoms with Crippen molar-refractivity contribution < 1.29 is 23.0 Å². The topological polar surface area (TPSA) is 29.5 Å². The average Bonchev–Trinajstić information content (AvgIpc) is 1.97. The molecule has 0 radical (unpaired) electrons. The molecule has 0 aromatic carbocycles. The Bertz CT molecular complexity index is 125. The van der Waals surface area contributed by atoms with E-state index < -0.39 is 18.7 Å². The molecule has 13 heavy (non-hydrogen) atoms. The van der Waals surface area contributed by atoms with Crippen LogP contribution in [-0.2, 0) is 4.74 Å². The highest BCUT2D eigenvalue weighted by molar-refractivity contribution is 4.56. The van der Waals surface area contributed by atoms with Gasteiger partial charge in [0.1, 0.15) is 0 Å². The summed E-state index contributed by atoms with van der Waals surface area (Å²) in [5.74, 6) is 0. The van der Waals surface area contributed by atoms with Crippen LogP contribution in [0, 0.1) is 0 Å². The van der Waals surface area contributed by atoms with Gasteiger partial charge in [-0.3, -0.25) is 0 Å². The van der Waals surface area contributed by atoms with Crippen LogP contribution >= 0.6 is 0 Å². The number of rotatable bonds is 6. The van der Waals surface area contributed by atoms with Gasteiger partial charge in [-0.1, -0.05) is 6.42 Å². The van der Waals surface area contributed by atoms with E-state index in [9.17, 15) is 13.2 Å². The van der Waals surface area contributed by atoms with Crippen LogP contribution in [0.1, 0.15) is 25.7 Å². The summed E-state index contributed by atoms with van der Waals surface area (Å²) in [5, 5.41) is 9.07. The van der Waals surface area contributed by atoms with Crippen molar-refractivity contribution in [2.45, 2.75) is 38.0 Å². The first-order valence-corrected chi connectivity index (χ1v) is 4.19. The molecule has 2 nitrogen and oxygen atoms in total. The summed E-state index contributed by atoms with van der Waals surface area (Å²) < 4.78 is 39.6. The molecule has 1 N–H and O–H groups in total. The Morgan fingerprint density at radius 2 is 1.92 bits per heavy atom. The minimum absolute atomic E-state index is 0.0737. The maximum atomic E-state index is 11.6. The van der Waals surface area contributed by atoms with Crippen LogP contribution in [0.2, 0.25) is 0 Å². The molecule has 0 spiro atoms. The van der Waals surface area contributed by atoms with Gasteiger partial charge in [0.2, 0.25) is 0 Å².